The number of hydrogen-bond acceptors (Lipinski definition) is 3. The molecule has 2 bridgehead atoms. The molecule has 0 spiro atoms. The largest absolute Gasteiger partial charge is 0.287 e. The third-order valence-electron chi connectivity index (χ3n) is 1.54. The van der Waals surface area contributed by atoms with Crippen molar-refractivity contribution in [3.8, 4) is 0 Å². The highest BCUT2D eigenvalue weighted by molar-refractivity contribution is 7.94. The first-order valence-electron chi connectivity index (χ1n) is 2.90. The van der Waals surface area contributed by atoms with Crippen molar-refractivity contribution in [3.05, 3.63) is 43.8 Å². The first-order chi connectivity index (χ1) is 5.20. The second-order valence-corrected chi connectivity index (χ2v) is 3.60. The molecule has 0 aromatic rings. The van der Waals surface area contributed by atoms with E-state index in [1.165, 1.54) is 12.2 Å². The van der Waals surface area contributed by atoms with Crippen LogP contribution in [0.4, 0.5) is 0 Å². The van der Waals surface area contributed by atoms with Gasteiger partial charge in [0, 0.05) is 6.08 Å². The van der Waals surface area contributed by atoms with E-state index in [4.69, 9.17) is 0 Å². The zero-order valence-electron chi connectivity index (χ0n) is 5.31. The van der Waals surface area contributed by atoms with Gasteiger partial charge in [0.2, 0.25) is 0 Å². The molecule has 2 aliphatic heterocycles. The van der Waals surface area contributed by atoms with Crippen LogP contribution in [0.1, 0.15) is 0 Å². The van der Waals surface area contributed by atoms with Gasteiger partial charge in [-0.05, 0) is 12.2 Å². The zero-order chi connectivity index (χ0) is 8.01. The number of rotatable bonds is 1. The Morgan fingerprint density at radius 2 is 2.18 bits per heavy atom. The number of allylic oxidation sites excluding steroid dienone is 3. The van der Waals surface area contributed by atoms with Crippen LogP contribution in [0.5, 0.6) is 0 Å². The third kappa shape index (κ3) is 0.711. The molecule has 4 nitrogen and oxygen atoms in total. The average Bonchev–Trinajstić information content (AvgIpc) is 2.46. The normalized spacial score (nSPS) is 26.2. The molecule has 0 fully saturated rings. The van der Waals surface area contributed by atoms with Gasteiger partial charge in [0.15, 0.2) is 0 Å². The van der Waals surface area contributed by atoms with E-state index in [0.29, 0.717) is 9.81 Å². The molecule has 0 N–H and O–H groups in total. The molecule has 5 heteroatoms. The van der Waals surface area contributed by atoms with Crippen molar-refractivity contribution in [1.82, 2.24) is 0 Å². The van der Waals surface area contributed by atoms with Crippen LogP contribution in [0.25, 0.3) is 0 Å². The third-order valence-corrected chi connectivity index (χ3v) is 2.97. The topological polar surface area (TPSA) is 60.2 Å². The molecule has 2 rings (SSSR count). The molecule has 2 aliphatic rings. The molecule has 0 saturated heterocycles. The number of nitrogens with zero attached hydrogens (tertiary/aromatic N) is 1. The van der Waals surface area contributed by atoms with Crippen molar-refractivity contribution in [1.29, 1.82) is 0 Å². The van der Waals surface area contributed by atoms with E-state index in [0.717, 1.165) is 0 Å². The highest BCUT2D eigenvalue weighted by Gasteiger charge is 2.32. The first kappa shape index (κ1) is 6.48. The van der Waals surface area contributed by atoms with Crippen molar-refractivity contribution in [2.24, 2.45) is 0 Å². The van der Waals surface area contributed by atoms with Gasteiger partial charge >= 0.3 is 0 Å². The van der Waals surface area contributed by atoms with Crippen LogP contribution in [0.3, 0.4) is 0 Å². The second-order valence-electron chi connectivity index (χ2n) is 2.16. The quantitative estimate of drug-likeness (QED) is 0.428. The lowest BCUT2D eigenvalue weighted by molar-refractivity contribution is -0.419. The maximum Gasteiger partial charge on any atom is 0.287 e. The Bertz CT molecular complexity index is 364. The molecule has 1 unspecified atom stereocenters. The summed E-state index contributed by atoms with van der Waals surface area (Å²) in [5.74, 6) is 0. The number of hydrogen-bond donors (Lipinski definition) is 0. The van der Waals surface area contributed by atoms with E-state index in [2.05, 4.69) is 0 Å². The Kier molecular flexibility index (Phi) is 1.11. The van der Waals surface area contributed by atoms with Crippen molar-refractivity contribution in [3.63, 3.8) is 0 Å². The fourth-order valence-electron chi connectivity index (χ4n) is 1.04. The monoisotopic (exact) mass is 169 g/mol. The summed E-state index contributed by atoms with van der Waals surface area (Å²) in [7, 11) is -1.26. The fourth-order valence-corrected chi connectivity index (χ4v) is 2.22. The van der Waals surface area contributed by atoms with Gasteiger partial charge < -0.3 is 0 Å². The summed E-state index contributed by atoms with van der Waals surface area (Å²) in [6.45, 7) is 0. The van der Waals surface area contributed by atoms with Crippen molar-refractivity contribution in [2.75, 3.05) is 0 Å². The van der Waals surface area contributed by atoms with Gasteiger partial charge in [-0.15, -0.1) is 0 Å². The highest BCUT2D eigenvalue weighted by Crippen LogP contribution is 2.33. The predicted octanol–water partition coefficient (Wildman–Crippen LogP) is 0.691. The molecule has 11 heavy (non-hydrogen) atoms. The maximum atomic E-state index is 11.1. The Labute approximate surface area is 64.5 Å². The zero-order valence-corrected chi connectivity index (χ0v) is 6.13. The van der Waals surface area contributed by atoms with Crippen molar-refractivity contribution >= 4 is 10.8 Å². The van der Waals surface area contributed by atoms with E-state index >= 15 is 0 Å². The molecule has 0 saturated carbocycles. The Balaban J connectivity index is 2.62. The van der Waals surface area contributed by atoms with Gasteiger partial charge in [0.25, 0.3) is 5.70 Å². The molecule has 2 heterocycles. The van der Waals surface area contributed by atoms with E-state index in [9.17, 15) is 14.3 Å². The molecule has 0 aliphatic carbocycles. The summed E-state index contributed by atoms with van der Waals surface area (Å²) >= 11 is 0. The molecule has 0 radical (unpaired) electrons. The molecule has 56 valence electrons. The first-order valence-corrected chi connectivity index (χ1v) is 4.05. The van der Waals surface area contributed by atoms with Crippen LogP contribution in [-0.2, 0) is 10.8 Å². The molecule has 0 aromatic heterocycles. The summed E-state index contributed by atoms with van der Waals surface area (Å²) in [5.41, 5.74) is -0.0270. The van der Waals surface area contributed by atoms with Gasteiger partial charge in [-0.2, -0.15) is 0 Å². The van der Waals surface area contributed by atoms with Crippen LogP contribution >= 0.6 is 0 Å². The summed E-state index contributed by atoms with van der Waals surface area (Å²) in [6, 6.07) is 0. The van der Waals surface area contributed by atoms with Crippen LogP contribution in [0.2, 0.25) is 0 Å². The number of fused-ring (bicyclic) bond motifs is 2. The van der Waals surface area contributed by atoms with Gasteiger partial charge in [-0.1, -0.05) is 0 Å². The van der Waals surface area contributed by atoms with Crippen LogP contribution in [-0.4, -0.2) is 9.13 Å². The predicted molar refractivity (Wildman–Crippen MR) is 39.4 cm³/mol. The molecular weight excluding hydrogens is 166 g/mol. The SMILES string of the molecule is O=[N+]([O-])C1=C2C=CC(=C1)S2=O. The smallest absolute Gasteiger partial charge is 0.258 e. The average molecular weight is 169 g/mol. The summed E-state index contributed by atoms with van der Waals surface area (Å²) in [5, 5.41) is 10.3. The van der Waals surface area contributed by atoms with E-state index in [1.54, 1.807) is 6.08 Å². The van der Waals surface area contributed by atoms with E-state index < -0.39 is 15.7 Å². The molecular formula is C6H3NO3S. The lowest BCUT2D eigenvalue weighted by Gasteiger charge is -1.88. The van der Waals surface area contributed by atoms with Gasteiger partial charge in [0.05, 0.1) is 20.6 Å². The minimum absolute atomic E-state index is 0.0270. The van der Waals surface area contributed by atoms with Gasteiger partial charge in [0.1, 0.15) is 4.91 Å². The van der Waals surface area contributed by atoms with Crippen LogP contribution in [0.15, 0.2) is 33.7 Å². The second kappa shape index (κ2) is 1.88. The molecule has 0 aromatic carbocycles. The maximum absolute atomic E-state index is 11.1. The van der Waals surface area contributed by atoms with Crippen molar-refractivity contribution in [2.45, 2.75) is 0 Å². The van der Waals surface area contributed by atoms with Gasteiger partial charge in [-0.25, -0.2) is 4.21 Å². The summed E-state index contributed by atoms with van der Waals surface area (Å²) in [6.07, 6.45) is 4.52. The van der Waals surface area contributed by atoms with E-state index in [1.807, 2.05) is 0 Å². The Morgan fingerprint density at radius 1 is 1.45 bits per heavy atom. The lowest BCUT2D eigenvalue weighted by Crippen LogP contribution is -1.96. The summed E-state index contributed by atoms with van der Waals surface area (Å²) < 4.78 is 11.1. The highest BCUT2D eigenvalue weighted by atomic mass is 32.2. The van der Waals surface area contributed by atoms with E-state index in [-0.39, 0.29) is 5.70 Å². The van der Waals surface area contributed by atoms with Gasteiger partial charge in [-0.3, -0.25) is 10.1 Å². The van der Waals surface area contributed by atoms with Crippen LogP contribution < -0.4 is 0 Å². The molecule has 0 amide bonds. The standard InChI is InChI=1S/C6H3NO3S/c8-7(9)5-3-4-1-2-6(5)11(4)10/h1-3H. The van der Waals surface area contributed by atoms with Crippen molar-refractivity contribution < 1.29 is 9.13 Å². The number of nitro groups is 1. The Hall–Kier alpha value is -1.23. The van der Waals surface area contributed by atoms with Crippen LogP contribution in [0, 0.1) is 10.1 Å². The summed E-state index contributed by atoms with van der Waals surface area (Å²) in [4.78, 5) is 10.6. The minimum atomic E-state index is -1.26. The Morgan fingerprint density at radius 3 is 2.45 bits per heavy atom. The fraction of sp³-hybridized carbons (Fsp3) is 0. The lowest BCUT2D eigenvalue weighted by atomic mass is 10.2. The molecule has 1 atom stereocenters. The minimum Gasteiger partial charge on any atom is -0.258 e.